The number of sulfone groups is 1. The van der Waals surface area contributed by atoms with E-state index in [1.807, 2.05) is 0 Å². The van der Waals surface area contributed by atoms with Gasteiger partial charge in [-0.25, -0.2) is 48.2 Å². The molecule has 5 aromatic rings. The number of aromatic nitrogens is 5. The fourth-order valence-electron chi connectivity index (χ4n) is 7.38. The first-order valence-corrected chi connectivity index (χ1v) is 23.3. The number of carbonyl (C=O) groups excluding carboxylic acids is 1. The SMILES string of the molecule is C[C@@H]1Cc2c(C(F)F)nn(CC(=O)N[C@@H](Cc3cc(F)cc(F)c3)c3nc(C#CC(C)(C)S(C)(=O)=O)ccc3-c3ccc(Cl)c4c(NS(=O)(=O)C5CC5)nn(CC(F)F)c34)c2C1(F)F. The fourth-order valence-corrected chi connectivity index (χ4v) is 9.19. The minimum Gasteiger partial charge on any atom is -0.346 e. The van der Waals surface area contributed by atoms with E-state index < -0.39 is 121 Å². The molecule has 7 rings (SSSR count). The van der Waals surface area contributed by atoms with Crippen molar-refractivity contribution < 1.29 is 56.8 Å². The van der Waals surface area contributed by atoms with Crippen LogP contribution in [0.3, 0.4) is 0 Å². The smallest absolute Gasteiger partial charge is 0.292 e. The molecule has 0 aliphatic heterocycles. The van der Waals surface area contributed by atoms with Crippen LogP contribution in [0.4, 0.5) is 40.9 Å². The molecule has 2 atom stereocenters. The van der Waals surface area contributed by atoms with E-state index in [0.29, 0.717) is 23.6 Å². The van der Waals surface area contributed by atoms with Gasteiger partial charge < -0.3 is 5.32 Å². The van der Waals surface area contributed by atoms with Crippen molar-refractivity contribution in [3.05, 3.63) is 93.0 Å². The van der Waals surface area contributed by atoms with Crippen LogP contribution in [-0.4, -0.2) is 70.0 Å². The molecule has 2 aliphatic rings. The number of hydrogen-bond acceptors (Lipinski definition) is 8. The highest BCUT2D eigenvalue weighted by Crippen LogP contribution is 2.48. The molecule has 1 amide bonds. The molecule has 64 heavy (non-hydrogen) atoms. The maximum atomic E-state index is 15.5. The van der Waals surface area contributed by atoms with Gasteiger partial charge in [0.25, 0.3) is 18.8 Å². The average Bonchev–Trinajstić information content (AvgIpc) is 3.85. The number of benzene rings is 2. The van der Waals surface area contributed by atoms with Gasteiger partial charge in [0, 0.05) is 34.9 Å². The lowest BCUT2D eigenvalue weighted by molar-refractivity contribution is -0.123. The van der Waals surface area contributed by atoms with Crippen molar-refractivity contribution in [3.8, 4) is 23.0 Å². The van der Waals surface area contributed by atoms with Gasteiger partial charge in [0.2, 0.25) is 15.9 Å². The number of halogens is 9. The van der Waals surface area contributed by atoms with Crippen molar-refractivity contribution in [2.24, 2.45) is 5.92 Å². The van der Waals surface area contributed by atoms with Crippen LogP contribution in [-0.2, 0) is 56.5 Å². The number of alkyl halides is 6. The van der Waals surface area contributed by atoms with Crippen LogP contribution < -0.4 is 10.0 Å². The molecule has 3 aromatic heterocycles. The molecule has 2 N–H and O–H groups in total. The third-order valence-electron chi connectivity index (χ3n) is 11.0. The summed E-state index contributed by atoms with van der Waals surface area (Å²) in [6.45, 7) is 1.67. The second kappa shape index (κ2) is 16.9. The van der Waals surface area contributed by atoms with E-state index in [1.54, 1.807) is 0 Å². The quantitative estimate of drug-likeness (QED) is 0.0841. The summed E-state index contributed by atoms with van der Waals surface area (Å²) in [6.07, 6.45) is -5.63. The molecule has 3 heterocycles. The second-order valence-electron chi connectivity index (χ2n) is 16.2. The van der Waals surface area contributed by atoms with Crippen LogP contribution in [0.25, 0.3) is 22.0 Å². The van der Waals surface area contributed by atoms with Crippen molar-refractivity contribution >= 4 is 54.1 Å². The number of nitrogens with zero attached hydrogens (tertiary/aromatic N) is 5. The molecular weight excluding hydrogens is 922 g/mol. The van der Waals surface area contributed by atoms with Crippen LogP contribution in [0.1, 0.15) is 80.0 Å². The number of carbonyl (C=O) groups is 1. The van der Waals surface area contributed by atoms with Crippen molar-refractivity contribution in [3.63, 3.8) is 0 Å². The van der Waals surface area contributed by atoms with Gasteiger partial charge in [-0.1, -0.05) is 30.5 Å². The number of amides is 1. The van der Waals surface area contributed by atoms with E-state index in [2.05, 4.69) is 37.1 Å². The Balaban J connectivity index is 1.44. The summed E-state index contributed by atoms with van der Waals surface area (Å²) in [7, 11) is -7.83. The zero-order chi connectivity index (χ0) is 46.8. The summed E-state index contributed by atoms with van der Waals surface area (Å²) in [4.78, 5) is 18.7. The summed E-state index contributed by atoms with van der Waals surface area (Å²) in [5, 5.41) is 9.43. The number of hydrogen-bond donors (Lipinski definition) is 2. The van der Waals surface area contributed by atoms with Crippen LogP contribution in [0.5, 0.6) is 0 Å². The van der Waals surface area contributed by atoms with Gasteiger partial charge in [-0.15, -0.1) is 0 Å². The lowest BCUT2D eigenvalue weighted by Gasteiger charge is -2.23. The Bertz CT molecular complexity index is 2960. The number of pyridine rings is 1. The first-order chi connectivity index (χ1) is 29.8. The Morgan fingerprint density at radius 1 is 0.969 bits per heavy atom. The van der Waals surface area contributed by atoms with E-state index >= 15 is 8.78 Å². The zero-order valence-electron chi connectivity index (χ0n) is 34.2. The monoisotopic (exact) mass is 959 g/mol. The van der Waals surface area contributed by atoms with Crippen LogP contribution >= 0.6 is 11.6 Å². The van der Waals surface area contributed by atoms with E-state index in [4.69, 9.17) is 11.6 Å². The molecule has 1 fully saturated rings. The number of fused-ring (bicyclic) bond motifs is 2. The van der Waals surface area contributed by atoms with Gasteiger partial charge in [0.1, 0.15) is 46.6 Å². The highest BCUT2D eigenvalue weighted by atomic mass is 35.5. The molecule has 2 aromatic carbocycles. The van der Waals surface area contributed by atoms with Gasteiger partial charge in [0.15, 0.2) is 15.7 Å². The van der Waals surface area contributed by atoms with Crippen LogP contribution in [0, 0.1) is 29.4 Å². The Morgan fingerprint density at radius 2 is 1.62 bits per heavy atom. The molecule has 2 aliphatic carbocycles. The van der Waals surface area contributed by atoms with Gasteiger partial charge in [-0.2, -0.15) is 19.0 Å². The Hall–Kier alpha value is -5.27. The first-order valence-electron chi connectivity index (χ1n) is 19.5. The van der Waals surface area contributed by atoms with Gasteiger partial charge in [0.05, 0.1) is 32.9 Å². The van der Waals surface area contributed by atoms with Crippen molar-refractivity contribution in [1.82, 2.24) is 29.9 Å². The Morgan fingerprint density at radius 3 is 2.23 bits per heavy atom. The highest BCUT2D eigenvalue weighted by molar-refractivity contribution is 7.93. The lowest BCUT2D eigenvalue weighted by atomic mass is 9.93. The van der Waals surface area contributed by atoms with Crippen molar-refractivity contribution in [2.75, 3.05) is 11.0 Å². The second-order valence-corrected chi connectivity index (χ2v) is 21.2. The minimum atomic E-state index is -4.04. The largest absolute Gasteiger partial charge is 0.346 e. The van der Waals surface area contributed by atoms with Gasteiger partial charge >= 0.3 is 0 Å². The van der Waals surface area contributed by atoms with E-state index in [0.717, 1.165) is 30.0 Å². The molecule has 0 radical (unpaired) electrons. The maximum absolute atomic E-state index is 15.5. The summed E-state index contributed by atoms with van der Waals surface area (Å²) in [5.41, 5.74) is -2.82. The first kappa shape index (κ1) is 46.7. The predicted octanol–water partition coefficient (Wildman–Crippen LogP) is 7.89. The normalized spacial score (nSPS) is 16.8. The molecule has 23 heteroatoms. The third-order valence-corrected chi connectivity index (χ3v) is 15.1. The molecule has 342 valence electrons. The van der Waals surface area contributed by atoms with E-state index in [1.165, 1.54) is 38.1 Å². The van der Waals surface area contributed by atoms with E-state index in [-0.39, 0.29) is 49.8 Å². The summed E-state index contributed by atoms with van der Waals surface area (Å²) in [6, 6.07) is 6.22. The molecule has 1 saturated carbocycles. The van der Waals surface area contributed by atoms with Crippen LogP contribution in [0.15, 0.2) is 42.5 Å². The topological polar surface area (TPSA) is 158 Å². The van der Waals surface area contributed by atoms with Crippen molar-refractivity contribution in [1.29, 1.82) is 0 Å². The van der Waals surface area contributed by atoms with Crippen LogP contribution in [0.2, 0.25) is 5.02 Å². The lowest BCUT2D eigenvalue weighted by Crippen LogP contribution is -2.35. The number of nitrogens with one attached hydrogen (secondary N) is 2. The fraction of sp³-hybridized carbons (Fsp3) is 0.415. The Labute approximate surface area is 366 Å². The Kier molecular flexibility index (Phi) is 12.4. The number of anilines is 1. The minimum absolute atomic E-state index is 0.00710. The molecular formula is C41H38ClF8N7O5S2. The number of rotatable bonds is 14. The molecule has 0 saturated heterocycles. The van der Waals surface area contributed by atoms with Crippen molar-refractivity contribution in [2.45, 2.75) is 94.4 Å². The standard InChI is InChI=1S/C41H38ClF8N7O5S2/c1-20-13-28-35(38(47)48)53-57(37(28)41(20,49)50)19-32(58)52-30(16-21-14-22(43)17-23(44)15-21)34-26(8-5-24(51-34)11-12-40(2,3)63(4,59)60)27-9-10-29(42)33-36(27)56(18-31(45)46)54-39(33)55-64(61,62)25-6-7-25/h5,8-10,14-15,17,20,25,30-31,38H,6-7,13,16,18-19H2,1-4H3,(H,52,58)(H,54,55)/t20-,30+/m1/s1. The molecule has 12 nitrogen and oxygen atoms in total. The summed E-state index contributed by atoms with van der Waals surface area (Å²) in [5.74, 6) is -3.35. The zero-order valence-corrected chi connectivity index (χ0v) is 36.6. The molecule has 0 spiro atoms. The van der Waals surface area contributed by atoms with Gasteiger partial charge in [-0.05, 0) is 81.3 Å². The predicted molar refractivity (Wildman–Crippen MR) is 220 cm³/mol. The number of sulfonamides is 1. The molecule has 0 bridgehead atoms. The third kappa shape index (κ3) is 9.29. The highest BCUT2D eigenvalue weighted by Gasteiger charge is 2.51. The van der Waals surface area contributed by atoms with Gasteiger partial charge in [-0.3, -0.25) is 18.9 Å². The average molecular weight is 960 g/mol. The summed E-state index contributed by atoms with van der Waals surface area (Å²) < 4.78 is 170. The maximum Gasteiger partial charge on any atom is 0.292 e. The summed E-state index contributed by atoms with van der Waals surface area (Å²) >= 11 is 6.62. The van der Waals surface area contributed by atoms with E-state index in [9.17, 15) is 48.0 Å². The molecule has 0 unspecified atom stereocenters.